The van der Waals surface area contributed by atoms with Gasteiger partial charge in [-0.2, -0.15) is 0 Å². The third kappa shape index (κ3) is 7.94. The number of benzene rings is 1. The number of carbonyl (C=O) groups excluding carboxylic acids is 1. The molecule has 1 atom stereocenters. The molecule has 0 spiro atoms. The van der Waals surface area contributed by atoms with E-state index in [-0.39, 0.29) is 48.3 Å². The van der Waals surface area contributed by atoms with Gasteiger partial charge in [0.1, 0.15) is 12.4 Å². The number of nitrogens with one attached hydrogen (secondary N) is 1. The maximum absolute atomic E-state index is 13.0. The largest absolute Gasteiger partial charge is 0.354 e. The van der Waals surface area contributed by atoms with Crippen molar-refractivity contribution >= 4 is 35.8 Å². The maximum Gasteiger partial charge on any atom is 0.243 e. The summed E-state index contributed by atoms with van der Waals surface area (Å²) >= 11 is 0. The SMILES string of the molecule is CCC(C)NC(=NCC(=O)N(C)C)N(C)Cc1ccc(F)cc1.I. The Morgan fingerprint density at radius 1 is 1.25 bits per heavy atom. The number of carbonyl (C=O) groups is 1. The molecular formula is C17H28FIN4O. The molecule has 5 nitrogen and oxygen atoms in total. The van der Waals surface area contributed by atoms with E-state index in [2.05, 4.69) is 24.2 Å². The minimum Gasteiger partial charge on any atom is -0.354 e. The van der Waals surface area contributed by atoms with Crippen molar-refractivity contribution in [3.63, 3.8) is 0 Å². The van der Waals surface area contributed by atoms with Gasteiger partial charge in [0.25, 0.3) is 0 Å². The Morgan fingerprint density at radius 2 is 1.83 bits per heavy atom. The molecule has 0 saturated heterocycles. The van der Waals surface area contributed by atoms with Crippen LogP contribution < -0.4 is 5.32 Å². The number of rotatable bonds is 6. The van der Waals surface area contributed by atoms with Crippen LogP contribution in [-0.2, 0) is 11.3 Å². The average molecular weight is 450 g/mol. The molecule has 1 amide bonds. The monoisotopic (exact) mass is 450 g/mol. The molecule has 24 heavy (non-hydrogen) atoms. The third-order valence-electron chi connectivity index (χ3n) is 3.55. The van der Waals surface area contributed by atoms with E-state index in [1.54, 1.807) is 26.2 Å². The highest BCUT2D eigenvalue weighted by Crippen LogP contribution is 2.06. The van der Waals surface area contributed by atoms with Gasteiger partial charge in [0.05, 0.1) is 0 Å². The van der Waals surface area contributed by atoms with Gasteiger partial charge in [0.2, 0.25) is 5.91 Å². The minimum absolute atomic E-state index is 0. The van der Waals surface area contributed by atoms with Gasteiger partial charge in [-0.1, -0.05) is 19.1 Å². The first-order valence-corrected chi connectivity index (χ1v) is 7.80. The van der Waals surface area contributed by atoms with Crippen LogP contribution in [0.15, 0.2) is 29.3 Å². The van der Waals surface area contributed by atoms with E-state index in [4.69, 9.17) is 0 Å². The summed E-state index contributed by atoms with van der Waals surface area (Å²) < 4.78 is 13.0. The van der Waals surface area contributed by atoms with E-state index in [0.717, 1.165) is 12.0 Å². The van der Waals surface area contributed by atoms with E-state index >= 15 is 0 Å². The molecule has 1 unspecified atom stereocenters. The van der Waals surface area contributed by atoms with Gasteiger partial charge in [0, 0.05) is 33.7 Å². The smallest absolute Gasteiger partial charge is 0.243 e. The molecular weight excluding hydrogens is 422 g/mol. The van der Waals surface area contributed by atoms with Crippen LogP contribution in [0.3, 0.4) is 0 Å². The second kappa shape index (κ2) is 11.2. The van der Waals surface area contributed by atoms with Crippen molar-refractivity contribution in [1.29, 1.82) is 0 Å². The summed E-state index contributed by atoms with van der Waals surface area (Å²) in [5, 5.41) is 3.32. The highest BCUT2D eigenvalue weighted by Gasteiger charge is 2.11. The fraction of sp³-hybridized carbons (Fsp3) is 0.529. The van der Waals surface area contributed by atoms with Crippen molar-refractivity contribution in [2.75, 3.05) is 27.7 Å². The van der Waals surface area contributed by atoms with Crippen molar-refractivity contribution in [2.45, 2.75) is 32.9 Å². The van der Waals surface area contributed by atoms with Gasteiger partial charge in [-0.15, -0.1) is 24.0 Å². The van der Waals surface area contributed by atoms with Crippen LogP contribution in [0.2, 0.25) is 0 Å². The predicted molar refractivity (Wildman–Crippen MR) is 107 cm³/mol. The van der Waals surface area contributed by atoms with Crippen molar-refractivity contribution in [3.8, 4) is 0 Å². The zero-order valence-electron chi connectivity index (χ0n) is 15.0. The van der Waals surface area contributed by atoms with E-state index in [0.29, 0.717) is 12.5 Å². The molecule has 7 heteroatoms. The third-order valence-corrected chi connectivity index (χ3v) is 3.55. The van der Waals surface area contributed by atoms with Gasteiger partial charge in [-0.25, -0.2) is 9.38 Å². The fourth-order valence-electron chi connectivity index (χ4n) is 1.82. The number of nitrogens with zero attached hydrogens (tertiary/aromatic N) is 3. The summed E-state index contributed by atoms with van der Waals surface area (Å²) in [6.45, 7) is 4.83. The van der Waals surface area contributed by atoms with Crippen LogP contribution in [0.4, 0.5) is 4.39 Å². The molecule has 0 aliphatic rings. The summed E-state index contributed by atoms with van der Waals surface area (Å²) in [5.41, 5.74) is 0.978. The first-order chi connectivity index (χ1) is 10.8. The number of likely N-dealkylation sites (N-methyl/N-ethyl adjacent to an activating group) is 1. The summed E-state index contributed by atoms with van der Waals surface area (Å²) in [6, 6.07) is 6.63. The highest BCUT2D eigenvalue weighted by atomic mass is 127. The van der Waals surface area contributed by atoms with Crippen molar-refractivity contribution < 1.29 is 9.18 Å². The second-order valence-corrected chi connectivity index (χ2v) is 5.86. The molecule has 0 heterocycles. The zero-order chi connectivity index (χ0) is 17.4. The van der Waals surface area contributed by atoms with E-state index < -0.39 is 0 Å². The summed E-state index contributed by atoms with van der Waals surface area (Å²) in [5.74, 6) is 0.363. The Kier molecular flexibility index (Phi) is 10.6. The lowest BCUT2D eigenvalue weighted by Crippen LogP contribution is -2.43. The lowest BCUT2D eigenvalue weighted by Gasteiger charge is -2.25. The molecule has 0 bridgehead atoms. The van der Waals surface area contributed by atoms with Crippen LogP contribution in [0.1, 0.15) is 25.8 Å². The van der Waals surface area contributed by atoms with Gasteiger partial charge >= 0.3 is 0 Å². The van der Waals surface area contributed by atoms with Gasteiger partial charge < -0.3 is 15.1 Å². The number of aliphatic imine (C=N–C) groups is 1. The molecule has 0 aliphatic heterocycles. The molecule has 1 N–H and O–H groups in total. The second-order valence-electron chi connectivity index (χ2n) is 5.86. The molecule has 1 aromatic carbocycles. The first kappa shape index (κ1) is 22.6. The fourth-order valence-corrected chi connectivity index (χ4v) is 1.82. The predicted octanol–water partition coefficient (Wildman–Crippen LogP) is 2.71. The number of hydrogen-bond donors (Lipinski definition) is 1. The molecule has 1 rings (SSSR count). The van der Waals surface area contributed by atoms with Crippen LogP contribution >= 0.6 is 24.0 Å². The summed E-state index contributed by atoms with van der Waals surface area (Å²) in [7, 11) is 5.32. The Hall–Kier alpha value is -1.38. The van der Waals surface area contributed by atoms with Crippen LogP contribution in [0.5, 0.6) is 0 Å². The molecule has 0 fully saturated rings. The molecule has 0 radical (unpaired) electrons. The number of hydrogen-bond acceptors (Lipinski definition) is 2. The Labute approximate surface area is 161 Å². The van der Waals surface area contributed by atoms with Crippen LogP contribution in [0.25, 0.3) is 0 Å². The molecule has 0 aromatic heterocycles. The summed E-state index contributed by atoms with van der Waals surface area (Å²) in [4.78, 5) is 19.6. The number of guanidine groups is 1. The van der Waals surface area contributed by atoms with Crippen molar-refractivity contribution in [3.05, 3.63) is 35.6 Å². The minimum atomic E-state index is -0.250. The van der Waals surface area contributed by atoms with Crippen molar-refractivity contribution in [2.24, 2.45) is 4.99 Å². The molecule has 0 aliphatic carbocycles. The van der Waals surface area contributed by atoms with E-state index in [9.17, 15) is 9.18 Å². The van der Waals surface area contributed by atoms with Gasteiger partial charge in [-0.05, 0) is 31.0 Å². The Morgan fingerprint density at radius 3 is 2.33 bits per heavy atom. The summed E-state index contributed by atoms with van der Waals surface area (Å²) in [6.07, 6.45) is 0.949. The zero-order valence-corrected chi connectivity index (χ0v) is 17.4. The maximum atomic E-state index is 13.0. The van der Waals surface area contributed by atoms with Crippen molar-refractivity contribution in [1.82, 2.24) is 15.1 Å². The topological polar surface area (TPSA) is 47.9 Å². The number of amides is 1. The number of halogens is 2. The van der Waals surface area contributed by atoms with Crippen LogP contribution in [-0.4, -0.2) is 55.4 Å². The van der Waals surface area contributed by atoms with Gasteiger partial charge in [0.15, 0.2) is 5.96 Å². The molecule has 0 saturated carbocycles. The first-order valence-electron chi connectivity index (χ1n) is 7.80. The highest BCUT2D eigenvalue weighted by molar-refractivity contribution is 14.0. The quantitative estimate of drug-likeness (QED) is 0.412. The normalized spacial score (nSPS) is 12.2. The van der Waals surface area contributed by atoms with Crippen LogP contribution in [0, 0.1) is 5.82 Å². The lowest BCUT2D eigenvalue weighted by atomic mass is 10.2. The lowest BCUT2D eigenvalue weighted by molar-refractivity contribution is -0.127. The molecule has 136 valence electrons. The van der Waals surface area contributed by atoms with Gasteiger partial charge in [-0.3, -0.25) is 4.79 Å². The Bertz CT molecular complexity index is 534. The molecule has 1 aromatic rings. The van der Waals surface area contributed by atoms with E-state index in [1.165, 1.54) is 17.0 Å². The standard InChI is InChI=1S/C17H27FN4O.HI/c1-6-13(2)20-17(19-11-16(23)21(3)4)22(5)12-14-7-9-15(18)10-8-14;/h7-10,13H,6,11-12H2,1-5H3,(H,19,20);1H. The Balaban J connectivity index is 0.00000529. The van der Waals surface area contributed by atoms with E-state index in [1.807, 2.05) is 11.9 Å². The average Bonchev–Trinajstić information content (AvgIpc) is 2.52.